The summed E-state index contributed by atoms with van der Waals surface area (Å²) in [5.41, 5.74) is 0.358. The summed E-state index contributed by atoms with van der Waals surface area (Å²) in [6.07, 6.45) is 1.10. The Morgan fingerprint density at radius 2 is 1.63 bits per heavy atom. The van der Waals surface area contributed by atoms with Gasteiger partial charge in [0.1, 0.15) is 12.4 Å². The molecule has 0 atom stereocenters. The van der Waals surface area contributed by atoms with Crippen molar-refractivity contribution in [3.63, 3.8) is 0 Å². The van der Waals surface area contributed by atoms with Crippen LogP contribution in [-0.4, -0.2) is 32.9 Å². The Hall–Kier alpha value is -1.06. The van der Waals surface area contributed by atoms with Crippen molar-refractivity contribution in [3.8, 4) is 5.75 Å². The minimum Gasteiger partial charge on any atom is -0.492 e. The number of rotatable bonds is 9. The summed E-state index contributed by atoms with van der Waals surface area (Å²) < 4.78 is 11.1. The smallest absolute Gasteiger partial charge is 0.119 e. The van der Waals surface area contributed by atoms with E-state index in [1.807, 2.05) is 30.3 Å². The number of para-hydroxylation sites is 1. The lowest BCUT2D eigenvalue weighted by atomic mass is 9.93. The lowest BCUT2D eigenvalue weighted by Crippen LogP contribution is -2.25. The van der Waals surface area contributed by atoms with Crippen molar-refractivity contribution in [2.75, 3.05) is 32.9 Å². The maximum Gasteiger partial charge on any atom is 0.119 e. The summed E-state index contributed by atoms with van der Waals surface area (Å²) in [6.45, 7) is 10.7. The Morgan fingerprint density at radius 1 is 0.947 bits per heavy atom. The number of nitrogens with one attached hydrogen (secondary N) is 1. The molecule has 0 amide bonds. The van der Waals surface area contributed by atoms with Gasteiger partial charge in [-0.3, -0.25) is 0 Å². The van der Waals surface area contributed by atoms with Gasteiger partial charge >= 0.3 is 0 Å². The van der Waals surface area contributed by atoms with Gasteiger partial charge in [0.15, 0.2) is 0 Å². The summed E-state index contributed by atoms with van der Waals surface area (Å²) >= 11 is 0. The zero-order chi connectivity index (χ0) is 14.0. The van der Waals surface area contributed by atoms with Crippen molar-refractivity contribution in [2.45, 2.75) is 27.2 Å². The van der Waals surface area contributed by atoms with E-state index in [9.17, 15) is 0 Å². The van der Waals surface area contributed by atoms with Crippen LogP contribution in [0.5, 0.6) is 5.75 Å². The first-order valence-corrected chi connectivity index (χ1v) is 7.04. The zero-order valence-electron chi connectivity index (χ0n) is 12.4. The SMILES string of the molecule is CC(C)(C)CCOCCNCCOc1ccccc1. The summed E-state index contributed by atoms with van der Waals surface area (Å²) in [4.78, 5) is 0. The van der Waals surface area contributed by atoms with Crippen molar-refractivity contribution in [1.82, 2.24) is 5.32 Å². The highest BCUT2D eigenvalue weighted by Crippen LogP contribution is 2.17. The molecule has 0 aromatic heterocycles. The molecule has 0 unspecified atom stereocenters. The topological polar surface area (TPSA) is 30.5 Å². The molecule has 0 aliphatic rings. The third-order valence-corrected chi connectivity index (χ3v) is 2.71. The van der Waals surface area contributed by atoms with E-state index in [4.69, 9.17) is 9.47 Å². The average molecular weight is 265 g/mol. The fraction of sp³-hybridized carbons (Fsp3) is 0.625. The molecule has 0 heterocycles. The first kappa shape index (κ1) is 16.0. The second-order valence-electron chi connectivity index (χ2n) is 5.83. The van der Waals surface area contributed by atoms with Gasteiger partial charge in [0.2, 0.25) is 0 Å². The minimum absolute atomic E-state index is 0.358. The maximum absolute atomic E-state index is 5.58. The van der Waals surface area contributed by atoms with Crippen molar-refractivity contribution in [2.24, 2.45) is 5.41 Å². The van der Waals surface area contributed by atoms with Gasteiger partial charge in [0.25, 0.3) is 0 Å². The molecule has 0 aliphatic heterocycles. The van der Waals surface area contributed by atoms with Gasteiger partial charge < -0.3 is 14.8 Å². The Kier molecular flexibility index (Phi) is 7.53. The highest BCUT2D eigenvalue weighted by molar-refractivity contribution is 5.20. The predicted octanol–water partition coefficient (Wildman–Crippen LogP) is 3.11. The predicted molar refractivity (Wildman–Crippen MR) is 79.7 cm³/mol. The molecule has 1 aromatic carbocycles. The second-order valence-corrected chi connectivity index (χ2v) is 5.83. The molecule has 0 bridgehead atoms. The normalized spacial score (nSPS) is 11.5. The van der Waals surface area contributed by atoms with E-state index in [2.05, 4.69) is 26.1 Å². The number of hydrogen-bond donors (Lipinski definition) is 1. The largest absolute Gasteiger partial charge is 0.492 e. The first-order valence-electron chi connectivity index (χ1n) is 7.04. The molecular weight excluding hydrogens is 238 g/mol. The van der Waals surface area contributed by atoms with Crippen LogP contribution in [0, 0.1) is 5.41 Å². The van der Waals surface area contributed by atoms with Crippen LogP contribution in [0.25, 0.3) is 0 Å². The van der Waals surface area contributed by atoms with Gasteiger partial charge in [0, 0.05) is 19.7 Å². The van der Waals surface area contributed by atoms with E-state index in [1.165, 1.54) is 0 Å². The van der Waals surface area contributed by atoms with Gasteiger partial charge in [-0.05, 0) is 24.0 Å². The van der Waals surface area contributed by atoms with Crippen LogP contribution in [-0.2, 0) is 4.74 Å². The third kappa shape index (κ3) is 9.51. The fourth-order valence-corrected chi connectivity index (χ4v) is 1.51. The lowest BCUT2D eigenvalue weighted by Gasteiger charge is -2.17. The Labute approximate surface area is 117 Å². The first-order chi connectivity index (χ1) is 9.08. The van der Waals surface area contributed by atoms with Crippen LogP contribution in [0.1, 0.15) is 27.2 Å². The van der Waals surface area contributed by atoms with Crippen molar-refractivity contribution < 1.29 is 9.47 Å². The van der Waals surface area contributed by atoms with Crippen LogP contribution < -0.4 is 10.1 Å². The molecule has 1 N–H and O–H groups in total. The molecule has 0 aliphatic carbocycles. The van der Waals surface area contributed by atoms with Gasteiger partial charge in [-0.2, -0.15) is 0 Å². The molecule has 3 heteroatoms. The van der Waals surface area contributed by atoms with Crippen LogP contribution in [0.2, 0.25) is 0 Å². The van der Waals surface area contributed by atoms with Crippen LogP contribution >= 0.6 is 0 Å². The molecule has 1 aromatic rings. The Balaban J connectivity index is 1.87. The highest BCUT2D eigenvalue weighted by Gasteiger charge is 2.08. The van der Waals surface area contributed by atoms with Gasteiger partial charge in [-0.25, -0.2) is 0 Å². The van der Waals surface area contributed by atoms with Crippen molar-refractivity contribution in [3.05, 3.63) is 30.3 Å². The number of benzene rings is 1. The van der Waals surface area contributed by atoms with Gasteiger partial charge in [0.05, 0.1) is 6.61 Å². The minimum atomic E-state index is 0.358. The summed E-state index contributed by atoms with van der Waals surface area (Å²) in [7, 11) is 0. The monoisotopic (exact) mass is 265 g/mol. The van der Waals surface area contributed by atoms with Gasteiger partial charge in [-0.1, -0.05) is 39.0 Å². The van der Waals surface area contributed by atoms with E-state index in [0.29, 0.717) is 12.0 Å². The molecule has 0 spiro atoms. The van der Waals surface area contributed by atoms with Crippen molar-refractivity contribution in [1.29, 1.82) is 0 Å². The molecule has 0 fully saturated rings. The standard InChI is InChI=1S/C16H27NO2/c1-16(2,3)9-12-18-13-10-17-11-14-19-15-7-5-4-6-8-15/h4-8,17H,9-14H2,1-3H3. The van der Waals surface area contributed by atoms with Gasteiger partial charge in [-0.15, -0.1) is 0 Å². The molecular formula is C16H27NO2. The van der Waals surface area contributed by atoms with E-state index in [-0.39, 0.29) is 0 Å². The summed E-state index contributed by atoms with van der Waals surface area (Å²) in [5.74, 6) is 0.922. The zero-order valence-corrected chi connectivity index (χ0v) is 12.4. The highest BCUT2D eigenvalue weighted by atomic mass is 16.5. The Morgan fingerprint density at radius 3 is 2.32 bits per heavy atom. The molecule has 3 nitrogen and oxygen atoms in total. The average Bonchev–Trinajstić information content (AvgIpc) is 2.37. The molecule has 19 heavy (non-hydrogen) atoms. The molecule has 108 valence electrons. The van der Waals surface area contributed by atoms with Crippen LogP contribution in [0.4, 0.5) is 0 Å². The number of hydrogen-bond acceptors (Lipinski definition) is 3. The fourth-order valence-electron chi connectivity index (χ4n) is 1.51. The van der Waals surface area contributed by atoms with Crippen molar-refractivity contribution >= 4 is 0 Å². The lowest BCUT2D eigenvalue weighted by molar-refractivity contribution is 0.109. The molecule has 1 rings (SSSR count). The molecule has 0 saturated heterocycles. The summed E-state index contributed by atoms with van der Waals surface area (Å²) in [6, 6.07) is 9.88. The number of ether oxygens (including phenoxy) is 2. The van der Waals surface area contributed by atoms with Crippen LogP contribution in [0.15, 0.2) is 30.3 Å². The Bertz CT molecular complexity index is 319. The van der Waals surface area contributed by atoms with Crippen LogP contribution in [0.3, 0.4) is 0 Å². The van der Waals surface area contributed by atoms with E-state index >= 15 is 0 Å². The maximum atomic E-state index is 5.58. The van der Waals surface area contributed by atoms with E-state index in [1.54, 1.807) is 0 Å². The quantitative estimate of drug-likeness (QED) is 0.696. The second kappa shape index (κ2) is 8.94. The molecule has 0 radical (unpaired) electrons. The molecule has 0 saturated carbocycles. The van der Waals surface area contributed by atoms with E-state index < -0.39 is 0 Å². The summed E-state index contributed by atoms with van der Waals surface area (Å²) in [5, 5.41) is 3.30. The van der Waals surface area contributed by atoms with E-state index in [0.717, 1.165) is 38.5 Å². The third-order valence-electron chi connectivity index (χ3n) is 2.71.